The van der Waals surface area contributed by atoms with Crippen LogP contribution < -0.4 is 9.80 Å². The molecule has 2 aromatic heterocycles. The largest absolute Gasteiger partial charge is 0.310 e. The van der Waals surface area contributed by atoms with E-state index >= 15 is 0 Å². The molecular formula is C58H37N3S. The van der Waals surface area contributed by atoms with Gasteiger partial charge < -0.3 is 14.4 Å². The molecule has 0 amide bonds. The maximum atomic E-state index is 2.43. The molecule has 13 rings (SSSR count). The summed E-state index contributed by atoms with van der Waals surface area (Å²) in [5.41, 5.74) is 15.4. The number of rotatable bonds is 6. The summed E-state index contributed by atoms with van der Waals surface area (Å²) in [5, 5.41) is 7.55. The Morgan fingerprint density at radius 3 is 1.77 bits per heavy atom. The third-order valence-electron chi connectivity index (χ3n) is 12.7. The van der Waals surface area contributed by atoms with Gasteiger partial charge in [0.2, 0.25) is 0 Å². The second kappa shape index (κ2) is 13.8. The van der Waals surface area contributed by atoms with E-state index in [1.165, 1.54) is 86.4 Å². The lowest BCUT2D eigenvalue weighted by molar-refractivity contribution is 1.18. The van der Waals surface area contributed by atoms with Crippen LogP contribution in [-0.4, -0.2) is 4.57 Å². The highest BCUT2D eigenvalue weighted by atomic mass is 32.1. The van der Waals surface area contributed by atoms with Crippen LogP contribution in [0.2, 0.25) is 0 Å². The topological polar surface area (TPSA) is 11.4 Å². The SMILES string of the molecule is c1ccc(N2c3ccccc3-c3ccc(-c4ccc(N(c5ccc6sc7ccccc7c6c5)c5ccc6c(c5)c5ccccc5n6-c5ccccc5)cc4)c4cccc2c34)cc1. The number of anilines is 6. The van der Waals surface area contributed by atoms with Crippen LogP contribution in [-0.2, 0) is 0 Å². The van der Waals surface area contributed by atoms with E-state index in [9.17, 15) is 0 Å². The fourth-order valence-corrected chi connectivity index (χ4v) is 11.1. The lowest BCUT2D eigenvalue weighted by Gasteiger charge is -2.34. The highest BCUT2D eigenvalue weighted by molar-refractivity contribution is 7.25. The zero-order chi connectivity index (χ0) is 40.7. The number of fused-ring (bicyclic) bond motifs is 8. The summed E-state index contributed by atoms with van der Waals surface area (Å²) in [6, 6.07) is 82.2. The number of nitrogens with zero attached hydrogens (tertiary/aromatic N) is 3. The Morgan fingerprint density at radius 1 is 0.339 bits per heavy atom. The molecular weight excluding hydrogens is 771 g/mol. The average Bonchev–Trinajstić information content (AvgIpc) is 3.88. The lowest BCUT2D eigenvalue weighted by Crippen LogP contribution is -2.14. The van der Waals surface area contributed by atoms with Crippen molar-refractivity contribution in [1.82, 2.24) is 4.57 Å². The number of hydrogen-bond donors (Lipinski definition) is 0. The predicted molar refractivity (Wildman–Crippen MR) is 265 cm³/mol. The fourth-order valence-electron chi connectivity index (χ4n) is 9.98. The number of aromatic nitrogens is 1. The average molecular weight is 808 g/mol. The van der Waals surface area contributed by atoms with Crippen molar-refractivity contribution in [2.24, 2.45) is 0 Å². The Labute approximate surface area is 363 Å². The van der Waals surface area contributed by atoms with Crippen LogP contribution in [0.3, 0.4) is 0 Å². The van der Waals surface area contributed by atoms with E-state index in [4.69, 9.17) is 0 Å². The van der Waals surface area contributed by atoms with Gasteiger partial charge in [-0.3, -0.25) is 0 Å². The van der Waals surface area contributed by atoms with Crippen LogP contribution in [0, 0.1) is 0 Å². The van der Waals surface area contributed by atoms with Gasteiger partial charge in [-0.2, -0.15) is 0 Å². The molecule has 0 aliphatic carbocycles. The van der Waals surface area contributed by atoms with Crippen LogP contribution in [0.1, 0.15) is 0 Å². The normalized spacial score (nSPS) is 12.2. The van der Waals surface area contributed by atoms with Crippen LogP contribution in [0.4, 0.5) is 34.1 Å². The van der Waals surface area contributed by atoms with E-state index in [1.54, 1.807) is 0 Å². The van der Waals surface area contributed by atoms with Gasteiger partial charge in [-0.25, -0.2) is 0 Å². The van der Waals surface area contributed by atoms with Gasteiger partial charge in [-0.15, -0.1) is 11.3 Å². The molecule has 0 bridgehead atoms. The second-order valence-corrected chi connectivity index (χ2v) is 17.2. The van der Waals surface area contributed by atoms with E-state index in [1.807, 2.05) is 11.3 Å². The van der Waals surface area contributed by atoms with Crippen molar-refractivity contribution >= 4 is 98.2 Å². The van der Waals surface area contributed by atoms with E-state index in [0.717, 1.165) is 28.4 Å². The van der Waals surface area contributed by atoms with Crippen molar-refractivity contribution in [1.29, 1.82) is 0 Å². The maximum absolute atomic E-state index is 2.43. The second-order valence-electron chi connectivity index (χ2n) is 16.1. The molecule has 0 saturated carbocycles. The van der Waals surface area contributed by atoms with E-state index in [0.29, 0.717) is 0 Å². The molecule has 1 aliphatic heterocycles. The van der Waals surface area contributed by atoms with Crippen molar-refractivity contribution in [3.63, 3.8) is 0 Å². The lowest BCUT2D eigenvalue weighted by atomic mass is 9.87. The van der Waals surface area contributed by atoms with Gasteiger partial charge in [0.05, 0.1) is 22.4 Å². The molecule has 10 aromatic carbocycles. The third-order valence-corrected chi connectivity index (χ3v) is 13.8. The number of para-hydroxylation sites is 4. The van der Waals surface area contributed by atoms with Crippen molar-refractivity contribution in [3.05, 3.63) is 224 Å². The minimum atomic E-state index is 1.10. The number of benzene rings is 10. The Balaban J connectivity index is 0.982. The Hall–Kier alpha value is -7.92. The summed E-state index contributed by atoms with van der Waals surface area (Å²) in [5.74, 6) is 0. The predicted octanol–water partition coefficient (Wildman–Crippen LogP) is 16.9. The first-order chi connectivity index (χ1) is 30.8. The summed E-state index contributed by atoms with van der Waals surface area (Å²) in [6.45, 7) is 0. The maximum Gasteiger partial charge on any atom is 0.0546 e. The zero-order valence-electron chi connectivity index (χ0n) is 33.6. The van der Waals surface area contributed by atoms with Crippen molar-refractivity contribution < 1.29 is 0 Å². The first-order valence-corrected chi connectivity index (χ1v) is 22.0. The molecule has 290 valence electrons. The molecule has 0 spiro atoms. The van der Waals surface area contributed by atoms with Crippen molar-refractivity contribution in [2.45, 2.75) is 0 Å². The van der Waals surface area contributed by atoms with Crippen LogP contribution in [0.15, 0.2) is 224 Å². The first kappa shape index (κ1) is 34.9. The Bertz CT molecular complexity index is 3700. The molecule has 12 aromatic rings. The minimum Gasteiger partial charge on any atom is -0.310 e. The molecule has 4 heteroatoms. The Kier molecular flexibility index (Phi) is 7.78. The van der Waals surface area contributed by atoms with Gasteiger partial charge in [0.25, 0.3) is 0 Å². The number of hydrogen-bond acceptors (Lipinski definition) is 3. The van der Waals surface area contributed by atoms with Crippen molar-refractivity contribution in [2.75, 3.05) is 9.80 Å². The van der Waals surface area contributed by atoms with Gasteiger partial charge in [-0.1, -0.05) is 127 Å². The van der Waals surface area contributed by atoms with Gasteiger partial charge in [0, 0.05) is 70.3 Å². The molecule has 0 radical (unpaired) electrons. The molecule has 3 heterocycles. The smallest absolute Gasteiger partial charge is 0.0546 e. The van der Waals surface area contributed by atoms with Crippen LogP contribution >= 0.6 is 11.3 Å². The molecule has 0 saturated heterocycles. The van der Waals surface area contributed by atoms with E-state index in [2.05, 4.69) is 239 Å². The van der Waals surface area contributed by atoms with Gasteiger partial charge in [0.1, 0.15) is 0 Å². The summed E-state index contributed by atoms with van der Waals surface area (Å²) in [4.78, 5) is 4.84. The van der Waals surface area contributed by atoms with Gasteiger partial charge in [-0.05, 0) is 119 Å². The highest BCUT2D eigenvalue weighted by Crippen LogP contribution is 2.52. The molecule has 0 N–H and O–H groups in total. The zero-order valence-corrected chi connectivity index (χ0v) is 34.4. The molecule has 3 nitrogen and oxygen atoms in total. The molecule has 0 unspecified atom stereocenters. The van der Waals surface area contributed by atoms with Gasteiger partial charge >= 0.3 is 0 Å². The molecule has 0 atom stereocenters. The monoisotopic (exact) mass is 807 g/mol. The van der Waals surface area contributed by atoms with E-state index in [-0.39, 0.29) is 0 Å². The minimum absolute atomic E-state index is 1.10. The molecule has 0 fully saturated rings. The van der Waals surface area contributed by atoms with Crippen LogP contribution in [0.5, 0.6) is 0 Å². The third kappa shape index (κ3) is 5.30. The summed E-state index contributed by atoms with van der Waals surface area (Å²) in [7, 11) is 0. The summed E-state index contributed by atoms with van der Waals surface area (Å²) in [6.07, 6.45) is 0. The molecule has 1 aliphatic rings. The first-order valence-electron chi connectivity index (χ1n) is 21.2. The number of thiophene rings is 1. The van der Waals surface area contributed by atoms with Gasteiger partial charge in [0.15, 0.2) is 0 Å². The standard InChI is InChI=1S/C58H37N3S/c1-3-14-39(15-4-1)60-53-23-11-8-19-46(53)50-36-42(30-34-54(50)60)59(43-31-35-57-51(37-43)47-20-9-12-25-56(47)62-57)41-28-26-38(27-29-41)44-32-33-49-45-18-7-10-22-52(45)61(40-16-5-2-6-17-40)55-24-13-21-48(44)58(49)55/h1-37H. The Morgan fingerprint density at radius 2 is 0.935 bits per heavy atom. The molecule has 62 heavy (non-hydrogen) atoms. The summed E-state index contributed by atoms with van der Waals surface area (Å²) < 4.78 is 4.99. The highest BCUT2D eigenvalue weighted by Gasteiger charge is 2.27. The van der Waals surface area contributed by atoms with E-state index < -0.39 is 0 Å². The van der Waals surface area contributed by atoms with Crippen LogP contribution in [0.25, 0.3) is 80.7 Å². The summed E-state index contributed by atoms with van der Waals surface area (Å²) >= 11 is 1.86. The fraction of sp³-hybridized carbons (Fsp3) is 0. The quantitative estimate of drug-likeness (QED) is 0.166. The van der Waals surface area contributed by atoms with Crippen molar-refractivity contribution in [3.8, 4) is 27.9 Å².